The number of carbonyl (C=O) groups is 1. The number of nitrogens with one attached hydrogen (secondary N) is 2. The highest BCUT2D eigenvalue weighted by Crippen LogP contribution is 2.25. The first-order chi connectivity index (χ1) is 8.29. The monoisotopic (exact) mass is 230 g/mol. The highest BCUT2D eigenvalue weighted by atomic mass is 16.1. The van der Waals surface area contributed by atoms with Gasteiger partial charge in [0, 0.05) is 24.3 Å². The molecule has 0 saturated heterocycles. The quantitative estimate of drug-likeness (QED) is 0.781. The van der Waals surface area contributed by atoms with Crippen LogP contribution < -0.4 is 10.6 Å². The predicted molar refractivity (Wildman–Crippen MR) is 71.3 cm³/mol. The van der Waals surface area contributed by atoms with Crippen molar-refractivity contribution < 1.29 is 4.79 Å². The average Bonchev–Trinajstić information content (AvgIpc) is 2.36. The van der Waals surface area contributed by atoms with Crippen molar-refractivity contribution in [3.05, 3.63) is 36.4 Å². The number of fused-ring (bicyclic) bond motifs is 1. The van der Waals surface area contributed by atoms with Gasteiger partial charge in [-0.3, -0.25) is 4.79 Å². The van der Waals surface area contributed by atoms with E-state index in [1.54, 1.807) is 6.08 Å². The highest BCUT2D eigenvalue weighted by Gasteiger charge is 2.09. The van der Waals surface area contributed by atoms with Crippen LogP contribution in [0.3, 0.4) is 0 Å². The molecule has 0 saturated carbocycles. The van der Waals surface area contributed by atoms with E-state index in [1.165, 1.54) is 12.0 Å². The van der Waals surface area contributed by atoms with E-state index in [1.807, 2.05) is 12.1 Å². The molecule has 0 atom stereocenters. The molecule has 0 fully saturated rings. The number of carbonyl (C=O) groups excluding carboxylic acids is 1. The molecule has 1 aromatic rings. The molecule has 0 bridgehead atoms. The van der Waals surface area contributed by atoms with Gasteiger partial charge in [-0.25, -0.2) is 0 Å². The Morgan fingerprint density at radius 1 is 1.53 bits per heavy atom. The van der Waals surface area contributed by atoms with E-state index in [9.17, 15) is 4.79 Å². The second kappa shape index (κ2) is 5.53. The third-order valence-electron chi connectivity index (χ3n) is 2.91. The van der Waals surface area contributed by atoms with Gasteiger partial charge in [-0.1, -0.05) is 12.1 Å². The number of hydrogen-bond acceptors (Lipinski definition) is 2. The van der Waals surface area contributed by atoms with Gasteiger partial charge in [0.15, 0.2) is 0 Å². The van der Waals surface area contributed by atoms with E-state index >= 15 is 0 Å². The summed E-state index contributed by atoms with van der Waals surface area (Å²) in [4.78, 5) is 11.6. The molecule has 0 aliphatic carbocycles. The van der Waals surface area contributed by atoms with Crippen molar-refractivity contribution in [2.24, 2.45) is 0 Å². The zero-order chi connectivity index (χ0) is 12.1. The number of allylic oxidation sites excluding steroid dienone is 1. The fourth-order valence-corrected chi connectivity index (χ4v) is 2.00. The third-order valence-corrected chi connectivity index (χ3v) is 2.91. The lowest BCUT2D eigenvalue weighted by Crippen LogP contribution is -2.14. The minimum absolute atomic E-state index is 0.0423. The minimum atomic E-state index is 0.0423. The van der Waals surface area contributed by atoms with Crippen LogP contribution in [0.5, 0.6) is 0 Å². The van der Waals surface area contributed by atoms with Gasteiger partial charge < -0.3 is 10.6 Å². The molecular weight excluding hydrogens is 212 g/mol. The largest absolute Gasteiger partial charge is 0.385 e. The van der Waals surface area contributed by atoms with E-state index in [0.29, 0.717) is 6.42 Å². The molecule has 0 aromatic heterocycles. The summed E-state index contributed by atoms with van der Waals surface area (Å²) in [6.07, 6.45) is 5.27. The molecule has 17 heavy (non-hydrogen) atoms. The Labute approximate surface area is 102 Å². The summed E-state index contributed by atoms with van der Waals surface area (Å²) in [6.45, 7) is 4.62. The first-order valence-electron chi connectivity index (χ1n) is 6.07. The van der Waals surface area contributed by atoms with Gasteiger partial charge >= 0.3 is 0 Å². The maximum absolute atomic E-state index is 11.6. The lowest BCUT2D eigenvalue weighted by Gasteiger charge is -2.18. The minimum Gasteiger partial charge on any atom is -0.385 e. The molecule has 0 radical (unpaired) electrons. The molecule has 2 rings (SSSR count). The molecule has 0 spiro atoms. The Bertz CT molecular complexity index is 426. The van der Waals surface area contributed by atoms with E-state index in [2.05, 4.69) is 23.3 Å². The second-order valence-electron chi connectivity index (χ2n) is 4.28. The summed E-state index contributed by atoms with van der Waals surface area (Å²) < 4.78 is 0. The van der Waals surface area contributed by atoms with Crippen LogP contribution >= 0.6 is 0 Å². The van der Waals surface area contributed by atoms with Crippen LogP contribution in [0.15, 0.2) is 30.9 Å². The summed E-state index contributed by atoms with van der Waals surface area (Å²) in [6, 6.07) is 6.07. The van der Waals surface area contributed by atoms with Crippen molar-refractivity contribution in [2.75, 3.05) is 17.2 Å². The van der Waals surface area contributed by atoms with Crippen LogP contribution in [0.4, 0.5) is 11.4 Å². The Morgan fingerprint density at radius 3 is 3.24 bits per heavy atom. The molecule has 0 unspecified atom stereocenters. The van der Waals surface area contributed by atoms with Crippen molar-refractivity contribution in [3.8, 4) is 0 Å². The van der Waals surface area contributed by atoms with Gasteiger partial charge in [0.25, 0.3) is 0 Å². The van der Waals surface area contributed by atoms with Crippen LogP contribution in [-0.4, -0.2) is 12.5 Å². The van der Waals surface area contributed by atoms with Gasteiger partial charge in [-0.05, 0) is 37.0 Å². The molecular formula is C14H18N2O. The van der Waals surface area contributed by atoms with E-state index in [-0.39, 0.29) is 5.91 Å². The van der Waals surface area contributed by atoms with E-state index < -0.39 is 0 Å². The van der Waals surface area contributed by atoms with Crippen molar-refractivity contribution in [2.45, 2.75) is 25.7 Å². The standard InChI is InChI=1S/C14H18N2O/c1-2-3-6-14(17)16-12-8-7-11-5-4-9-15-13(11)10-12/h2,7-8,10,15H,1,3-6,9H2,(H,16,17). The highest BCUT2D eigenvalue weighted by molar-refractivity contribution is 5.91. The SMILES string of the molecule is C=CCCC(=O)Nc1ccc2c(c1)NCCC2. The number of aryl methyl sites for hydroxylation is 1. The summed E-state index contributed by atoms with van der Waals surface area (Å²) in [7, 11) is 0. The van der Waals surface area contributed by atoms with Crippen molar-refractivity contribution >= 4 is 17.3 Å². The first kappa shape index (κ1) is 11.7. The molecule has 1 aromatic carbocycles. The number of hydrogen-bond donors (Lipinski definition) is 2. The molecule has 3 heteroatoms. The summed E-state index contributed by atoms with van der Waals surface area (Å²) in [5.74, 6) is 0.0423. The smallest absolute Gasteiger partial charge is 0.224 e. The lowest BCUT2D eigenvalue weighted by atomic mass is 10.0. The first-order valence-corrected chi connectivity index (χ1v) is 6.07. The maximum Gasteiger partial charge on any atom is 0.224 e. The molecule has 1 aliphatic rings. The van der Waals surface area contributed by atoms with Gasteiger partial charge in [0.2, 0.25) is 5.91 Å². The summed E-state index contributed by atoms with van der Waals surface area (Å²) in [5.41, 5.74) is 3.35. The molecule has 1 heterocycles. The van der Waals surface area contributed by atoms with Crippen LogP contribution in [0, 0.1) is 0 Å². The molecule has 1 amide bonds. The molecule has 90 valence electrons. The Balaban J connectivity index is 2.01. The normalized spacial score (nSPS) is 13.4. The van der Waals surface area contributed by atoms with Gasteiger partial charge in [0.1, 0.15) is 0 Å². The molecule has 3 nitrogen and oxygen atoms in total. The molecule has 1 aliphatic heterocycles. The molecule has 2 N–H and O–H groups in total. The van der Waals surface area contributed by atoms with Gasteiger partial charge in [-0.2, -0.15) is 0 Å². The number of benzene rings is 1. The van der Waals surface area contributed by atoms with Gasteiger partial charge in [0.05, 0.1) is 0 Å². The van der Waals surface area contributed by atoms with Crippen LogP contribution in [0.1, 0.15) is 24.8 Å². The van der Waals surface area contributed by atoms with Gasteiger partial charge in [-0.15, -0.1) is 6.58 Å². The number of rotatable bonds is 4. The van der Waals surface area contributed by atoms with Crippen LogP contribution in [-0.2, 0) is 11.2 Å². The fraction of sp³-hybridized carbons (Fsp3) is 0.357. The summed E-state index contributed by atoms with van der Waals surface area (Å²) in [5, 5.41) is 6.25. The van der Waals surface area contributed by atoms with Crippen LogP contribution in [0.25, 0.3) is 0 Å². The van der Waals surface area contributed by atoms with Crippen molar-refractivity contribution in [1.82, 2.24) is 0 Å². The fourth-order valence-electron chi connectivity index (χ4n) is 2.00. The topological polar surface area (TPSA) is 41.1 Å². The Hall–Kier alpha value is -1.77. The predicted octanol–water partition coefficient (Wildman–Crippen LogP) is 2.95. The van der Waals surface area contributed by atoms with Crippen molar-refractivity contribution in [1.29, 1.82) is 0 Å². The second-order valence-corrected chi connectivity index (χ2v) is 4.28. The zero-order valence-electron chi connectivity index (χ0n) is 9.96. The van der Waals surface area contributed by atoms with Crippen LogP contribution in [0.2, 0.25) is 0 Å². The van der Waals surface area contributed by atoms with Crippen molar-refractivity contribution in [3.63, 3.8) is 0 Å². The third kappa shape index (κ3) is 3.09. The Kier molecular flexibility index (Phi) is 3.81. The number of amides is 1. The zero-order valence-corrected chi connectivity index (χ0v) is 9.96. The summed E-state index contributed by atoms with van der Waals surface area (Å²) >= 11 is 0. The average molecular weight is 230 g/mol. The lowest BCUT2D eigenvalue weighted by molar-refractivity contribution is -0.116. The Morgan fingerprint density at radius 2 is 2.41 bits per heavy atom. The maximum atomic E-state index is 11.6. The van der Waals surface area contributed by atoms with E-state index in [4.69, 9.17) is 0 Å². The van der Waals surface area contributed by atoms with E-state index in [0.717, 1.165) is 30.8 Å². The number of anilines is 2.